The summed E-state index contributed by atoms with van der Waals surface area (Å²) in [5.41, 5.74) is -0.182. The quantitative estimate of drug-likeness (QED) is 0.572. The summed E-state index contributed by atoms with van der Waals surface area (Å²) in [7, 11) is -2.05. The average molecular weight is 467 g/mol. The standard InChI is InChI=1S/C21H23F2N3O5S/c1-30-13-15(10-11-32(2,28)29)25-18(27)17-12-24-20(21(22,23)14-8-9-14)26-19(17)31-16-6-4-3-5-7-16/h3-7,10-12,14-15H,8-9,13H2,1-2H3,(H,25,27). The van der Waals surface area contributed by atoms with Crippen LogP contribution in [0.1, 0.15) is 29.0 Å². The molecule has 1 atom stereocenters. The van der Waals surface area contributed by atoms with Gasteiger partial charge in [-0.15, -0.1) is 0 Å². The van der Waals surface area contributed by atoms with Crippen molar-refractivity contribution in [3.63, 3.8) is 0 Å². The number of aromatic nitrogens is 2. The largest absolute Gasteiger partial charge is 0.438 e. The highest BCUT2D eigenvalue weighted by molar-refractivity contribution is 7.93. The fourth-order valence-corrected chi connectivity index (χ4v) is 3.27. The molecule has 3 rings (SSSR count). The lowest BCUT2D eigenvalue weighted by atomic mass is 10.2. The highest BCUT2D eigenvalue weighted by Gasteiger charge is 2.50. The molecule has 0 bridgehead atoms. The lowest BCUT2D eigenvalue weighted by Gasteiger charge is -2.18. The van der Waals surface area contributed by atoms with Crippen LogP contribution in [0, 0.1) is 5.92 Å². The van der Waals surface area contributed by atoms with E-state index in [4.69, 9.17) is 9.47 Å². The predicted octanol–water partition coefficient (Wildman–Crippen LogP) is 3.07. The smallest absolute Gasteiger partial charge is 0.309 e. The number of amides is 1. The number of alkyl halides is 2. The maximum absolute atomic E-state index is 14.6. The van der Waals surface area contributed by atoms with Crippen molar-refractivity contribution in [1.82, 2.24) is 15.3 Å². The molecule has 1 aliphatic carbocycles. The molecule has 8 nitrogen and oxygen atoms in total. The molecule has 0 saturated heterocycles. The molecule has 0 radical (unpaired) electrons. The summed E-state index contributed by atoms with van der Waals surface area (Å²) in [6, 6.07) is 7.48. The highest BCUT2D eigenvalue weighted by Crippen LogP contribution is 2.48. The summed E-state index contributed by atoms with van der Waals surface area (Å²) in [5, 5.41) is 3.50. The molecule has 0 aliphatic heterocycles. The Kier molecular flexibility index (Phi) is 7.19. The Morgan fingerprint density at radius 1 is 1.31 bits per heavy atom. The van der Waals surface area contributed by atoms with Crippen LogP contribution in [0.25, 0.3) is 0 Å². The average Bonchev–Trinajstić information content (AvgIpc) is 3.58. The van der Waals surface area contributed by atoms with Crippen LogP contribution in [0.15, 0.2) is 48.0 Å². The van der Waals surface area contributed by atoms with Crippen molar-refractivity contribution in [3.05, 3.63) is 59.4 Å². The minimum Gasteiger partial charge on any atom is -0.438 e. The molecule has 1 unspecified atom stereocenters. The monoisotopic (exact) mass is 467 g/mol. The third-order valence-corrected chi connectivity index (χ3v) is 5.22. The van der Waals surface area contributed by atoms with Crippen LogP contribution >= 0.6 is 0 Å². The number of hydrogen-bond donors (Lipinski definition) is 1. The predicted molar refractivity (Wildman–Crippen MR) is 112 cm³/mol. The van der Waals surface area contributed by atoms with E-state index in [2.05, 4.69) is 15.3 Å². The van der Waals surface area contributed by atoms with Crippen molar-refractivity contribution < 1.29 is 31.5 Å². The van der Waals surface area contributed by atoms with Crippen molar-refractivity contribution in [1.29, 1.82) is 0 Å². The summed E-state index contributed by atoms with van der Waals surface area (Å²) >= 11 is 0. The van der Waals surface area contributed by atoms with E-state index in [1.165, 1.54) is 13.2 Å². The van der Waals surface area contributed by atoms with Gasteiger partial charge in [-0.1, -0.05) is 18.2 Å². The van der Waals surface area contributed by atoms with E-state index in [-0.39, 0.29) is 18.1 Å². The van der Waals surface area contributed by atoms with Gasteiger partial charge in [0.25, 0.3) is 5.91 Å². The molecule has 1 amide bonds. The fraction of sp³-hybridized carbons (Fsp3) is 0.381. The molecular weight excluding hydrogens is 444 g/mol. The van der Waals surface area contributed by atoms with Crippen LogP contribution in [-0.4, -0.2) is 50.3 Å². The van der Waals surface area contributed by atoms with Crippen LogP contribution in [0.5, 0.6) is 11.6 Å². The topological polar surface area (TPSA) is 107 Å². The first kappa shape index (κ1) is 23.7. The Hall–Kier alpha value is -2.92. The van der Waals surface area contributed by atoms with Gasteiger partial charge in [-0.05, 0) is 31.1 Å². The summed E-state index contributed by atoms with van der Waals surface area (Å²) in [6.07, 6.45) is 3.99. The number of carbonyl (C=O) groups is 1. The molecule has 2 aromatic rings. The van der Waals surface area contributed by atoms with Crippen LogP contribution in [0.3, 0.4) is 0 Å². The van der Waals surface area contributed by atoms with Gasteiger partial charge in [0.05, 0.1) is 12.6 Å². The second-order valence-electron chi connectivity index (χ2n) is 7.42. The van der Waals surface area contributed by atoms with Crippen molar-refractivity contribution >= 4 is 15.7 Å². The van der Waals surface area contributed by atoms with Gasteiger partial charge in [0.2, 0.25) is 11.7 Å². The minimum absolute atomic E-state index is 0.0225. The molecule has 1 fully saturated rings. The summed E-state index contributed by atoms with van der Waals surface area (Å²) in [4.78, 5) is 20.5. The number of methoxy groups -OCH3 is 1. The fourth-order valence-electron chi connectivity index (χ4n) is 2.80. The lowest BCUT2D eigenvalue weighted by molar-refractivity contribution is -0.0379. The molecular formula is C21H23F2N3O5S. The van der Waals surface area contributed by atoms with Gasteiger partial charge in [0.1, 0.15) is 11.3 Å². The maximum atomic E-state index is 14.6. The number of hydrogen-bond acceptors (Lipinski definition) is 7. The zero-order valence-corrected chi connectivity index (χ0v) is 18.3. The molecule has 1 aliphatic rings. The van der Waals surface area contributed by atoms with E-state index in [9.17, 15) is 22.0 Å². The van der Waals surface area contributed by atoms with Crippen molar-refractivity contribution in [2.24, 2.45) is 5.92 Å². The molecule has 32 heavy (non-hydrogen) atoms. The van der Waals surface area contributed by atoms with Gasteiger partial charge >= 0.3 is 5.92 Å². The van der Waals surface area contributed by atoms with E-state index in [0.29, 0.717) is 18.6 Å². The van der Waals surface area contributed by atoms with Crippen molar-refractivity contribution in [2.45, 2.75) is 24.8 Å². The number of nitrogens with zero attached hydrogens (tertiary/aromatic N) is 2. The van der Waals surface area contributed by atoms with Crippen LogP contribution in [0.4, 0.5) is 8.78 Å². The number of sulfone groups is 1. The van der Waals surface area contributed by atoms with Gasteiger partial charge < -0.3 is 14.8 Å². The maximum Gasteiger partial charge on any atom is 0.309 e. The van der Waals surface area contributed by atoms with Gasteiger partial charge in [0, 0.05) is 30.9 Å². The Bertz CT molecular complexity index is 1090. The molecule has 1 saturated carbocycles. The molecule has 1 aromatic carbocycles. The minimum atomic E-state index is -3.43. The summed E-state index contributed by atoms with van der Waals surface area (Å²) < 4.78 is 62.5. The number of para-hydroxylation sites is 1. The van der Waals surface area contributed by atoms with Crippen LogP contribution < -0.4 is 10.1 Å². The number of rotatable bonds is 10. The van der Waals surface area contributed by atoms with Gasteiger partial charge in [-0.2, -0.15) is 13.8 Å². The van der Waals surface area contributed by atoms with E-state index < -0.39 is 39.5 Å². The number of nitrogens with one attached hydrogen (secondary N) is 1. The van der Waals surface area contributed by atoms with E-state index in [1.54, 1.807) is 30.3 Å². The molecule has 0 spiro atoms. The van der Waals surface area contributed by atoms with Crippen LogP contribution in [0.2, 0.25) is 0 Å². The van der Waals surface area contributed by atoms with E-state index in [0.717, 1.165) is 17.9 Å². The third kappa shape index (κ3) is 6.30. The first-order chi connectivity index (χ1) is 15.1. The second-order valence-corrected chi connectivity index (χ2v) is 9.35. The summed E-state index contributed by atoms with van der Waals surface area (Å²) in [5.74, 6) is -5.56. The Morgan fingerprint density at radius 3 is 2.59 bits per heavy atom. The lowest BCUT2D eigenvalue weighted by Crippen LogP contribution is -2.37. The van der Waals surface area contributed by atoms with Gasteiger partial charge in [-0.25, -0.2) is 13.4 Å². The Balaban J connectivity index is 1.92. The summed E-state index contributed by atoms with van der Waals surface area (Å²) in [6.45, 7) is -0.0225. The normalized spacial score (nSPS) is 15.5. The van der Waals surface area contributed by atoms with Crippen LogP contribution in [-0.2, 0) is 20.5 Å². The van der Waals surface area contributed by atoms with Gasteiger partial charge in [0.15, 0.2) is 9.84 Å². The number of ether oxygens (including phenoxy) is 2. The van der Waals surface area contributed by atoms with Gasteiger partial charge in [-0.3, -0.25) is 4.79 Å². The molecule has 11 heteroatoms. The Morgan fingerprint density at radius 2 is 2.00 bits per heavy atom. The number of carbonyl (C=O) groups excluding carboxylic acids is 1. The first-order valence-corrected chi connectivity index (χ1v) is 11.7. The molecule has 1 aromatic heterocycles. The van der Waals surface area contributed by atoms with E-state index >= 15 is 0 Å². The first-order valence-electron chi connectivity index (χ1n) is 9.76. The molecule has 172 valence electrons. The molecule has 1 N–H and O–H groups in total. The van der Waals surface area contributed by atoms with Crippen molar-refractivity contribution in [2.75, 3.05) is 20.0 Å². The zero-order chi connectivity index (χ0) is 23.4. The third-order valence-electron chi connectivity index (χ3n) is 4.57. The number of halogens is 2. The highest BCUT2D eigenvalue weighted by atomic mass is 32.2. The Labute approximate surface area is 184 Å². The number of benzene rings is 1. The van der Waals surface area contributed by atoms with Crippen molar-refractivity contribution in [3.8, 4) is 11.6 Å². The second kappa shape index (κ2) is 9.70. The zero-order valence-electron chi connectivity index (χ0n) is 17.5. The molecule has 1 heterocycles. The SMILES string of the molecule is COCC(C=CS(C)(=O)=O)NC(=O)c1cnc(C(F)(F)C2CC2)nc1Oc1ccccc1. The van der Waals surface area contributed by atoms with E-state index in [1.807, 2.05) is 0 Å².